The van der Waals surface area contributed by atoms with Crippen LogP contribution in [-0.4, -0.2) is 19.2 Å². The second kappa shape index (κ2) is 6.28. The van der Waals surface area contributed by atoms with E-state index in [2.05, 4.69) is 17.4 Å². The Balaban J connectivity index is 1.84. The Hall–Kier alpha value is -2.95. The van der Waals surface area contributed by atoms with E-state index in [1.54, 1.807) is 6.07 Å². The second-order valence-corrected chi connectivity index (χ2v) is 6.03. The highest BCUT2D eigenvalue weighted by molar-refractivity contribution is 5.86. The first kappa shape index (κ1) is 15.9. The third-order valence-electron chi connectivity index (χ3n) is 4.00. The molecule has 2 N–H and O–H groups in total. The Bertz CT molecular complexity index is 928. The van der Waals surface area contributed by atoms with E-state index in [-0.39, 0.29) is 5.75 Å². The third-order valence-corrected chi connectivity index (χ3v) is 4.00. The summed E-state index contributed by atoms with van der Waals surface area (Å²) in [7, 11) is 4.00. The molecule has 2 aromatic carbocycles. The van der Waals surface area contributed by atoms with E-state index in [1.165, 1.54) is 12.1 Å². The van der Waals surface area contributed by atoms with Gasteiger partial charge in [0.1, 0.15) is 11.3 Å². The molecule has 0 unspecified atom stereocenters. The van der Waals surface area contributed by atoms with Crippen LogP contribution < -0.4 is 15.8 Å². The molecule has 0 spiro atoms. The highest BCUT2D eigenvalue weighted by Crippen LogP contribution is 2.30. The number of phenols is 1. The summed E-state index contributed by atoms with van der Waals surface area (Å²) in [6, 6.07) is 12.9. The van der Waals surface area contributed by atoms with Crippen molar-refractivity contribution in [3.63, 3.8) is 0 Å². The predicted molar refractivity (Wildman–Crippen MR) is 97.0 cm³/mol. The van der Waals surface area contributed by atoms with Crippen LogP contribution >= 0.6 is 0 Å². The molecule has 5 nitrogen and oxygen atoms in total. The molecule has 0 radical (unpaired) electrons. The maximum atomic E-state index is 11.4. The first-order valence-electron chi connectivity index (χ1n) is 7.71. The summed E-state index contributed by atoms with van der Waals surface area (Å²) in [5, 5.41) is 14.2. The fourth-order valence-electron chi connectivity index (χ4n) is 2.60. The van der Waals surface area contributed by atoms with Gasteiger partial charge in [0.05, 0.1) is 5.69 Å². The number of benzene rings is 2. The Morgan fingerprint density at radius 2 is 1.83 bits per heavy atom. The molecule has 124 valence electrons. The van der Waals surface area contributed by atoms with Crippen molar-refractivity contribution in [2.24, 2.45) is 0 Å². The maximum absolute atomic E-state index is 11.4. The summed E-state index contributed by atoms with van der Waals surface area (Å²) in [5.41, 5.74) is 3.64. The minimum Gasteiger partial charge on any atom is -0.506 e. The number of fused-ring (bicyclic) bond motifs is 1. The summed E-state index contributed by atoms with van der Waals surface area (Å²) in [4.78, 5) is 13.5. The molecule has 0 fully saturated rings. The molecule has 0 aliphatic carbocycles. The van der Waals surface area contributed by atoms with Crippen molar-refractivity contribution >= 4 is 22.3 Å². The first-order chi connectivity index (χ1) is 11.4. The molecule has 1 heterocycles. The Morgan fingerprint density at radius 1 is 1.12 bits per heavy atom. The summed E-state index contributed by atoms with van der Waals surface area (Å²) >= 11 is 0. The minimum absolute atomic E-state index is 0.0566. The second-order valence-electron chi connectivity index (χ2n) is 6.03. The van der Waals surface area contributed by atoms with Crippen LogP contribution in [-0.2, 0) is 6.54 Å². The van der Waals surface area contributed by atoms with Gasteiger partial charge in [0.15, 0.2) is 0 Å². The van der Waals surface area contributed by atoms with Crippen molar-refractivity contribution in [2.75, 3.05) is 24.3 Å². The van der Waals surface area contributed by atoms with Crippen LogP contribution in [0, 0.1) is 6.92 Å². The average Bonchev–Trinajstić information content (AvgIpc) is 2.53. The lowest BCUT2D eigenvalue weighted by molar-refractivity contribution is 0.475. The van der Waals surface area contributed by atoms with Crippen LogP contribution in [0.15, 0.2) is 51.7 Å². The zero-order chi connectivity index (χ0) is 17.3. The van der Waals surface area contributed by atoms with Crippen molar-refractivity contribution < 1.29 is 9.52 Å². The van der Waals surface area contributed by atoms with Gasteiger partial charge in [0.25, 0.3) is 0 Å². The Kier molecular flexibility index (Phi) is 4.16. The predicted octanol–water partition coefficient (Wildman–Crippen LogP) is 3.49. The molecule has 3 aromatic rings. The highest BCUT2D eigenvalue weighted by Gasteiger charge is 2.08. The molecule has 0 aliphatic rings. The van der Waals surface area contributed by atoms with Gasteiger partial charge in [-0.25, -0.2) is 4.79 Å². The van der Waals surface area contributed by atoms with E-state index in [0.29, 0.717) is 17.8 Å². The van der Waals surface area contributed by atoms with Crippen molar-refractivity contribution in [3.05, 3.63) is 64.0 Å². The fourth-order valence-corrected chi connectivity index (χ4v) is 2.60. The van der Waals surface area contributed by atoms with Gasteiger partial charge in [-0.3, -0.25) is 0 Å². The molecule has 1 aromatic heterocycles. The summed E-state index contributed by atoms with van der Waals surface area (Å²) in [6.07, 6.45) is 0. The van der Waals surface area contributed by atoms with Gasteiger partial charge in [-0.1, -0.05) is 12.1 Å². The normalized spacial score (nSPS) is 10.8. The summed E-state index contributed by atoms with van der Waals surface area (Å²) < 4.78 is 5.13. The monoisotopic (exact) mass is 324 g/mol. The van der Waals surface area contributed by atoms with E-state index < -0.39 is 5.63 Å². The smallest absolute Gasteiger partial charge is 0.336 e. The highest BCUT2D eigenvalue weighted by atomic mass is 16.4. The molecule has 0 saturated carbocycles. The van der Waals surface area contributed by atoms with Crippen molar-refractivity contribution in [1.29, 1.82) is 0 Å². The van der Waals surface area contributed by atoms with E-state index in [4.69, 9.17) is 4.42 Å². The van der Waals surface area contributed by atoms with Crippen molar-refractivity contribution in [1.82, 2.24) is 0 Å². The average molecular weight is 324 g/mol. The van der Waals surface area contributed by atoms with Crippen LogP contribution in [0.1, 0.15) is 11.1 Å². The van der Waals surface area contributed by atoms with Gasteiger partial charge in [-0.05, 0) is 36.2 Å². The Morgan fingerprint density at radius 3 is 2.50 bits per heavy atom. The van der Waals surface area contributed by atoms with Crippen molar-refractivity contribution in [2.45, 2.75) is 13.5 Å². The number of phenolic OH excluding ortho intramolecular Hbond substituents is 1. The molecule has 5 heteroatoms. The van der Waals surface area contributed by atoms with Crippen LogP contribution in [0.2, 0.25) is 0 Å². The summed E-state index contributed by atoms with van der Waals surface area (Å²) in [6.45, 7) is 2.43. The molecule has 0 amide bonds. The molecule has 0 bridgehead atoms. The lowest BCUT2D eigenvalue weighted by Gasteiger charge is -2.14. The van der Waals surface area contributed by atoms with Gasteiger partial charge in [0, 0.05) is 43.8 Å². The van der Waals surface area contributed by atoms with Gasteiger partial charge in [0.2, 0.25) is 0 Å². The molecular formula is C19H20N2O3. The summed E-state index contributed by atoms with van der Waals surface area (Å²) in [5.74, 6) is 0.0566. The third kappa shape index (κ3) is 3.20. The van der Waals surface area contributed by atoms with Crippen LogP contribution in [0.25, 0.3) is 11.0 Å². The number of hydrogen-bond donors (Lipinski definition) is 2. The van der Waals surface area contributed by atoms with Crippen LogP contribution in [0.5, 0.6) is 5.75 Å². The number of nitrogens with zero attached hydrogens (tertiary/aromatic N) is 1. The molecule has 3 rings (SSSR count). The molecule has 24 heavy (non-hydrogen) atoms. The van der Waals surface area contributed by atoms with Gasteiger partial charge >= 0.3 is 5.63 Å². The topological polar surface area (TPSA) is 65.7 Å². The van der Waals surface area contributed by atoms with E-state index >= 15 is 0 Å². The number of aromatic hydroxyl groups is 1. The maximum Gasteiger partial charge on any atom is 0.336 e. The van der Waals surface area contributed by atoms with E-state index in [0.717, 1.165) is 22.2 Å². The van der Waals surface area contributed by atoms with E-state index in [9.17, 15) is 9.90 Å². The van der Waals surface area contributed by atoms with Crippen molar-refractivity contribution in [3.8, 4) is 5.75 Å². The number of hydrogen-bond acceptors (Lipinski definition) is 5. The van der Waals surface area contributed by atoms with Gasteiger partial charge < -0.3 is 19.7 Å². The number of rotatable bonds is 4. The number of nitrogens with one attached hydrogen (secondary N) is 1. The van der Waals surface area contributed by atoms with Crippen LogP contribution in [0.4, 0.5) is 11.4 Å². The lowest BCUT2D eigenvalue weighted by Crippen LogP contribution is -2.08. The molecule has 0 aliphatic heterocycles. The number of aryl methyl sites for hydroxylation is 1. The fraction of sp³-hybridized carbons (Fsp3) is 0.211. The zero-order valence-electron chi connectivity index (χ0n) is 14.0. The number of anilines is 2. The molecular weight excluding hydrogens is 304 g/mol. The molecule has 0 atom stereocenters. The SMILES string of the molecule is Cc1cc(=O)oc2cc(O)c(NCc3ccc(N(C)C)cc3)cc12. The first-order valence-corrected chi connectivity index (χ1v) is 7.71. The van der Waals surface area contributed by atoms with Crippen LogP contribution in [0.3, 0.4) is 0 Å². The Labute approximate surface area is 140 Å². The van der Waals surface area contributed by atoms with Gasteiger partial charge in [-0.2, -0.15) is 0 Å². The quantitative estimate of drug-likeness (QED) is 0.568. The lowest BCUT2D eigenvalue weighted by atomic mass is 10.1. The largest absolute Gasteiger partial charge is 0.506 e. The molecule has 0 saturated heterocycles. The van der Waals surface area contributed by atoms with Gasteiger partial charge in [-0.15, -0.1) is 0 Å². The van der Waals surface area contributed by atoms with E-state index in [1.807, 2.05) is 38.1 Å². The minimum atomic E-state index is -0.416. The zero-order valence-corrected chi connectivity index (χ0v) is 14.0. The standard InChI is InChI=1S/C19H20N2O3/c1-12-8-19(23)24-18-10-17(22)16(9-15(12)18)20-11-13-4-6-14(7-5-13)21(2)3/h4-10,20,22H,11H2,1-3H3.